The van der Waals surface area contributed by atoms with Crippen LogP contribution in [0.4, 0.5) is 0 Å². The number of aryl methyl sites for hydroxylation is 2. The largest absolute Gasteiger partial charge is 0.465 e. The van der Waals surface area contributed by atoms with E-state index in [1.165, 1.54) is 9.78 Å². The predicted octanol–water partition coefficient (Wildman–Crippen LogP) is 0.447. The van der Waals surface area contributed by atoms with Crippen molar-refractivity contribution in [1.82, 2.24) is 9.13 Å². The first-order chi connectivity index (χ1) is 13.3. The third kappa shape index (κ3) is 4.07. The quantitative estimate of drug-likeness (QED) is 0.675. The average Bonchev–Trinajstić information content (AvgIpc) is 3.00. The first-order valence-corrected chi connectivity index (χ1v) is 10.9. The predicted molar refractivity (Wildman–Crippen MR) is 110 cm³/mol. The fourth-order valence-corrected chi connectivity index (χ4v) is 5.23. The number of thiophene rings is 1. The number of fused-ring (bicyclic) bond motifs is 3. The van der Waals surface area contributed by atoms with Gasteiger partial charge in [0.1, 0.15) is 11.4 Å². The second-order valence-electron chi connectivity index (χ2n) is 7.97. The Kier molecular flexibility index (Phi) is 6.40. The molecule has 0 radical (unpaired) electrons. The van der Waals surface area contributed by atoms with Crippen LogP contribution in [0.2, 0.25) is 0 Å². The van der Waals surface area contributed by atoms with Crippen molar-refractivity contribution in [2.45, 2.75) is 52.6 Å². The zero-order valence-electron chi connectivity index (χ0n) is 17.2. The molecule has 8 heteroatoms. The van der Waals surface area contributed by atoms with E-state index in [9.17, 15) is 14.4 Å². The monoisotopic (exact) mass is 408 g/mol. The molecular formula is C20H30N3O4S+. The van der Waals surface area contributed by atoms with E-state index >= 15 is 0 Å². The van der Waals surface area contributed by atoms with Gasteiger partial charge in [0.15, 0.2) is 0 Å². The van der Waals surface area contributed by atoms with E-state index in [2.05, 4.69) is 21.0 Å². The normalized spacial score (nSPS) is 16.5. The van der Waals surface area contributed by atoms with E-state index in [1.807, 2.05) is 0 Å². The van der Waals surface area contributed by atoms with Crippen molar-refractivity contribution in [3.8, 4) is 0 Å². The van der Waals surface area contributed by atoms with E-state index < -0.39 is 11.7 Å². The highest BCUT2D eigenvalue weighted by Gasteiger charge is 2.26. The molecule has 1 aliphatic rings. The van der Waals surface area contributed by atoms with Gasteiger partial charge >= 0.3 is 11.7 Å². The number of ether oxygens (including phenoxy) is 1. The maximum atomic E-state index is 13.2. The summed E-state index contributed by atoms with van der Waals surface area (Å²) in [5.41, 5.74) is 0.313. The Morgan fingerprint density at radius 2 is 2.04 bits per heavy atom. The van der Waals surface area contributed by atoms with Gasteiger partial charge in [-0.2, -0.15) is 0 Å². The van der Waals surface area contributed by atoms with Crippen LogP contribution in [0.3, 0.4) is 0 Å². The molecule has 1 atom stereocenters. The van der Waals surface area contributed by atoms with Gasteiger partial charge in [0.25, 0.3) is 5.56 Å². The van der Waals surface area contributed by atoms with Gasteiger partial charge in [-0.3, -0.25) is 14.2 Å². The van der Waals surface area contributed by atoms with Gasteiger partial charge in [-0.25, -0.2) is 9.36 Å². The molecular weight excluding hydrogens is 378 g/mol. The number of nitrogens with zero attached hydrogens (tertiary/aromatic N) is 2. The molecule has 3 rings (SSSR count). The molecule has 0 unspecified atom stereocenters. The Morgan fingerprint density at radius 1 is 1.29 bits per heavy atom. The molecule has 0 saturated heterocycles. The number of aromatic nitrogens is 2. The van der Waals surface area contributed by atoms with E-state index in [0.717, 1.165) is 47.2 Å². The highest BCUT2D eigenvalue weighted by molar-refractivity contribution is 7.18. The Morgan fingerprint density at radius 3 is 2.71 bits per heavy atom. The van der Waals surface area contributed by atoms with E-state index in [-0.39, 0.29) is 18.7 Å². The number of rotatable bonds is 7. The summed E-state index contributed by atoms with van der Waals surface area (Å²) in [6.07, 6.45) is 3.73. The summed E-state index contributed by atoms with van der Waals surface area (Å²) in [5, 5.41) is 0.632. The number of carbonyl (C=O) groups is 1. The maximum Gasteiger partial charge on any atom is 0.332 e. The lowest BCUT2D eigenvalue weighted by molar-refractivity contribution is -0.858. The van der Waals surface area contributed by atoms with E-state index in [1.54, 1.807) is 22.8 Å². The Balaban J connectivity index is 2.16. The summed E-state index contributed by atoms with van der Waals surface area (Å²) in [6.45, 7) is 5.26. The van der Waals surface area contributed by atoms with E-state index in [0.29, 0.717) is 17.8 Å². The van der Waals surface area contributed by atoms with Gasteiger partial charge in [-0.05, 0) is 37.7 Å². The van der Waals surface area contributed by atoms with Gasteiger partial charge in [0.05, 0.1) is 32.6 Å². The van der Waals surface area contributed by atoms with Crippen LogP contribution in [-0.2, 0) is 35.5 Å². The van der Waals surface area contributed by atoms with Gasteiger partial charge in [-0.1, -0.05) is 6.92 Å². The van der Waals surface area contributed by atoms with Gasteiger partial charge < -0.3 is 9.64 Å². The van der Waals surface area contributed by atoms with Crippen molar-refractivity contribution in [3.05, 3.63) is 31.3 Å². The molecule has 2 aromatic rings. The van der Waals surface area contributed by atoms with Gasteiger partial charge in [0, 0.05) is 17.8 Å². The summed E-state index contributed by atoms with van der Waals surface area (Å²) in [5.74, 6) is -0.0382. The second kappa shape index (κ2) is 8.61. The molecule has 1 aliphatic carbocycles. The van der Waals surface area contributed by atoms with Crippen molar-refractivity contribution in [3.63, 3.8) is 0 Å². The Labute approximate surface area is 168 Å². The molecule has 0 fully saturated rings. The molecule has 0 bridgehead atoms. The first-order valence-electron chi connectivity index (χ1n) is 10.1. The van der Waals surface area contributed by atoms with Crippen molar-refractivity contribution >= 4 is 27.5 Å². The summed E-state index contributed by atoms with van der Waals surface area (Å²) >= 11 is 1.58. The molecule has 28 heavy (non-hydrogen) atoms. The van der Waals surface area contributed by atoms with E-state index in [4.69, 9.17) is 4.74 Å². The number of hydrogen-bond acceptors (Lipinski definition) is 5. The molecule has 1 N–H and O–H groups in total. The third-order valence-electron chi connectivity index (χ3n) is 5.31. The third-order valence-corrected chi connectivity index (χ3v) is 6.62. The van der Waals surface area contributed by atoms with Crippen molar-refractivity contribution in [1.29, 1.82) is 0 Å². The standard InChI is InChI=1S/C20H29N3O4S/c1-5-27-16(24)12-23-18(25)17-14-11-13(2)7-8-15(14)28-19(17)22(20(23)26)10-6-9-21(3)4/h13H,5-12H2,1-4H3/p+1/t13-/m1/s1. The number of nitrogens with one attached hydrogen (secondary N) is 1. The lowest BCUT2D eigenvalue weighted by Crippen LogP contribution is -3.05. The van der Waals surface area contributed by atoms with Gasteiger partial charge in [0.2, 0.25) is 0 Å². The van der Waals surface area contributed by atoms with Crippen LogP contribution in [0.15, 0.2) is 9.59 Å². The van der Waals surface area contributed by atoms with Crippen LogP contribution < -0.4 is 16.1 Å². The summed E-state index contributed by atoms with van der Waals surface area (Å²) in [4.78, 5) is 41.6. The van der Waals surface area contributed by atoms with Crippen LogP contribution in [-0.4, -0.2) is 42.4 Å². The van der Waals surface area contributed by atoms with Crippen LogP contribution in [0.5, 0.6) is 0 Å². The second-order valence-corrected chi connectivity index (χ2v) is 9.06. The minimum Gasteiger partial charge on any atom is -0.465 e. The lowest BCUT2D eigenvalue weighted by Gasteiger charge is -2.18. The molecule has 0 saturated carbocycles. The molecule has 154 valence electrons. The average molecular weight is 409 g/mol. The smallest absolute Gasteiger partial charge is 0.332 e. The number of quaternary nitrogens is 1. The number of carbonyl (C=O) groups excluding carboxylic acids is 1. The summed E-state index contributed by atoms with van der Waals surface area (Å²) in [6, 6.07) is 0. The van der Waals surface area contributed by atoms with Crippen molar-refractivity contribution in [2.75, 3.05) is 27.2 Å². The Hall–Kier alpha value is -1.93. The highest BCUT2D eigenvalue weighted by atomic mass is 32.1. The molecule has 0 amide bonds. The van der Waals surface area contributed by atoms with Crippen molar-refractivity contribution in [2.24, 2.45) is 5.92 Å². The van der Waals surface area contributed by atoms with Crippen LogP contribution in [0.1, 0.15) is 37.1 Å². The maximum absolute atomic E-state index is 13.2. The topological polar surface area (TPSA) is 74.7 Å². The molecule has 7 nitrogen and oxygen atoms in total. The van der Waals surface area contributed by atoms with Crippen LogP contribution >= 0.6 is 11.3 Å². The van der Waals surface area contributed by atoms with Crippen molar-refractivity contribution < 1.29 is 14.4 Å². The summed E-state index contributed by atoms with van der Waals surface area (Å²) < 4.78 is 7.75. The summed E-state index contributed by atoms with van der Waals surface area (Å²) in [7, 11) is 4.15. The zero-order valence-corrected chi connectivity index (χ0v) is 18.0. The minimum atomic E-state index is -0.553. The fourth-order valence-electron chi connectivity index (χ4n) is 3.87. The van der Waals surface area contributed by atoms with Crippen LogP contribution in [0, 0.1) is 5.92 Å². The zero-order chi connectivity index (χ0) is 20.4. The molecule has 2 aromatic heterocycles. The lowest BCUT2D eigenvalue weighted by atomic mass is 9.89. The Bertz CT molecular complexity index is 986. The highest BCUT2D eigenvalue weighted by Crippen LogP contribution is 2.36. The molecule has 2 heterocycles. The fraction of sp³-hybridized carbons (Fsp3) is 0.650. The molecule has 0 aromatic carbocycles. The first kappa shape index (κ1) is 20.8. The number of esters is 1. The van der Waals surface area contributed by atoms with Gasteiger partial charge in [-0.15, -0.1) is 11.3 Å². The number of hydrogen-bond donors (Lipinski definition) is 1. The van der Waals surface area contributed by atoms with Crippen LogP contribution in [0.25, 0.3) is 10.2 Å². The molecule has 0 aliphatic heterocycles. The molecule has 0 spiro atoms. The minimum absolute atomic E-state index is 0.223. The SMILES string of the molecule is CCOC(=O)Cn1c(=O)c2c3c(sc2n(CCC[NH+](C)C)c1=O)CC[C@@H](C)C3.